The zero-order valence-corrected chi connectivity index (χ0v) is 7.81. The topological polar surface area (TPSA) is 52.0 Å². The Morgan fingerprint density at radius 2 is 0.818 bits per heavy atom. The maximum absolute atomic E-state index is 5.35. The van der Waals surface area contributed by atoms with Crippen molar-refractivity contribution in [3.8, 4) is 0 Å². The predicted molar refractivity (Wildman–Crippen MR) is 51.6 cm³/mol. The van der Waals surface area contributed by atoms with E-state index >= 15 is 0 Å². The van der Waals surface area contributed by atoms with Gasteiger partial charge in [0.2, 0.25) is 0 Å². The molecule has 0 atom stereocenters. The van der Waals surface area contributed by atoms with Gasteiger partial charge in [0.25, 0.3) is 0 Å². The van der Waals surface area contributed by atoms with E-state index in [2.05, 4.69) is 0 Å². The fourth-order valence-electron chi connectivity index (χ4n) is 0.996. The van der Waals surface area contributed by atoms with Crippen molar-refractivity contribution in [2.45, 2.75) is 38.5 Å². The van der Waals surface area contributed by atoms with Crippen LogP contribution in [0.4, 0.5) is 0 Å². The molecule has 0 bridgehead atoms. The molecule has 0 aromatic carbocycles. The van der Waals surface area contributed by atoms with Crippen molar-refractivity contribution in [2.24, 2.45) is 11.5 Å². The maximum atomic E-state index is 5.35. The van der Waals surface area contributed by atoms with Gasteiger partial charge >= 0.3 is 0 Å². The Kier molecular flexibility index (Phi) is 16.8. The molecular weight excluding hydrogens is 131 g/mol. The van der Waals surface area contributed by atoms with Gasteiger partial charge in [-0.3, -0.25) is 0 Å². The van der Waals surface area contributed by atoms with Crippen molar-refractivity contribution in [1.29, 1.82) is 0 Å². The second kappa shape index (κ2) is 13.1. The quantitative estimate of drug-likeness (QED) is 0.419. The van der Waals surface area contributed by atoms with Crippen LogP contribution >= 0.6 is 0 Å². The van der Waals surface area contributed by atoms with E-state index in [9.17, 15) is 0 Å². The molecule has 4 N–H and O–H groups in total. The Morgan fingerprint density at radius 3 is 1.09 bits per heavy atom. The molecule has 0 fully saturated rings. The molecule has 0 amide bonds. The Balaban J connectivity index is 0. The first-order valence-electron chi connectivity index (χ1n) is 4.32. The first-order chi connectivity index (χ1) is 4.91. The summed E-state index contributed by atoms with van der Waals surface area (Å²) in [6.45, 7) is 1.69. The molecule has 1 radical (unpaired) electrons. The monoisotopic (exact) mass is 151 g/mol. The van der Waals surface area contributed by atoms with Crippen LogP contribution in [0.1, 0.15) is 38.5 Å². The molecule has 0 unspecified atom stereocenters. The Morgan fingerprint density at radius 1 is 0.545 bits per heavy atom. The number of rotatable bonds is 7. The first kappa shape index (κ1) is 14.1. The van der Waals surface area contributed by atoms with Crippen molar-refractivity contribution in [3.63, 3.8) is 0 Å². The maximum Gasteiger partial charge on any atom is 0 e. The van der Waals surface area contributed by atoms with Crippen molar-refractivity contribution < 1.29 is 0 Å². The Bertz CT molecular complexity index is 52.1. The normalized spacial score (nSPS) is 9.27. The molecule has 0 aromatic heterocycles. The van der Waals surface area contributed by atoms with Crippen LogP contribution in [0.2, 0.25) is 0 Å². The van der Waals surface area contributed by atoms with Crippen LogP contribution in [0, 0.1) is 0 Å². The summed E-state index contributed by atoms with van der Waals surface area (Å²) < 4.78 is 0. The van der Waals surface area contributed by atoms with Crippen LogP contribution in [-0.2, 0) is 0 Å². The van der Waals surface area contributed by atoms with E-state index in [0.717, 1.165) is 13.1 Å². The van der Waals surface area contributed by atoms with Gasteiger partial charge in [-0.05, 0) is 25.9 Å². The van der Waals surface area contributed by atoms with E-state index in [-0.39, 0.29) is 18.9 Å². The van der Waals surface area contributed by atoms with Crippen molar-refractivity contribution in [2.75, 3.05) is 13.1 Å². The second-order valence-corrected chi connectivity index (χ2v) is 2.70. The molecule has 2 nitrogen and oxygen atoms in total. The van der Waals surface area contributed by atoms with Crippen LogP contribution in [-0.4, -0.2) is 32.0 Å². The SMILES string of the molecule is NCCCCCCCCN.[Li]. The molecular formula is C8H20LiN2. The largest absolute Gasteiger partial charge is 0.330 e. The van der Waals surface area contributed by atoms with Gasteiger partial charge in [-0.1, -0.05) is 25.7 Å². The van der Waals surface area contributed by atoms with E-state index in [1.165, 1.54) is 38.5 Å². The van der Waals surface area contributed by atoms with E-state index < -0.39 is 0 Å². The second-order valence-electron chi connectivity index (χ2n) is 2.70. The number of hydrogen-bond acceptors (Lipinski definition) is 2. The fraction of sp³-hybridized carbons (Fsp3) is 1.00. The third-order valence-corrected chi connectivity index (χ3v) is 1.66. The summed E-state index contributed by atoms with van der Waals surface area (Å²) in [5.41, 5.74) is 10.7. The van der Waals surface area contributed by atoms with Crippen LogP contribution in [0.15, 0.2) is 0 Å². The molecule has 0 aliphatic carbocycles. The Hall–Kier alpha value is 0.517. The van der Waals surface area contributed by atoms with E-state index in [1.54, 1.807) is 0 Å². The van der Waals surface area contributed by atoms with Gasteiger partial charge in [0, 0.05) is 18.9 Å². The average Bonchev–Trinajstić information content (AvgIpc) is 1.97. The number of hydrogen-bond donors (Lipinski definition) is 2. The molecule has 63 valence electrons. The van der Waals surface area contributed by atoms with Gasteiger partial charge < -0.3 is 11.5 Å². The molecule has 0 saturated carbocycles. The molecule has 0 heterocycles. The van der Waals surface area contributed by atoms with E-state index in [1.807, 2.05) is 0 Å². The third-order valence-electron chi connectivity index (χ3n) is 1.66. The van der Waals surface area contributed by atoms with Gasteiger partial charge in [-0.15, -0.1) is 0 Å². The molecule has 3 heteroatoms. The minimum atomic E-state index is 0. The van der Waals surface area contributed by atoms with E-state index in [4.69, 9.17) is 11.5 Å². The van der Waals surface area contributed by atoms with Gasteiger partial charge in [0.15, 0.2) is 0 Å². The van der Waals surface area contributed by atoms with Crippen molar-refractivity contribution in [1.82, 2.24) is 0 Å². The zero-order valence-electron chi connectivity index (χ0n) is 7.81. The molecule has 0 aliphatic heterocycles. The summed E-state index contributed by atoms with van der Waals surface area (Å²) in [7, 11) is 0. The van der Waals surface area contributed by atoms with Gasteiger partial charge in [-0.25, -0.2) is 0 Å². The summed E-state index contributed by atoms with van der Waals surface area (Å²) in [5.74, 6) is 0. The van der Waals surface area contributed by atoms with Crippen LogP contribution in [0.3, 0.4) is 0 Å². The minimum absolute atomic E-state index is 0. The summed E-state index contributed by atoms with van der Waals surface area (Å²) in [6, 6.07) is 0. The van der Waals surface area contributed by atoms with E-state index in [0.29, 0.717) is 0 Å². The van der Waals surface area contributed by atoms with Crippen LogP contribution in [0.5, 0.6) is 0 Å². The molecule has 0 spiro atoms. The molecule has 0 aliphatic rings. The number of unbranched alkanes of at least 4 members (excludes halogenated alkanes) is 5. The molecule has 0 saturated heterocycles. The molecule has 0 aromatic rings. The summed E-state index contributed by atoms with van der Waals surface area (Å²) in [6.07, 6.45) is 7.61. The minimum Gasteiger partial charge on any atom is -0.330 e. The first-order valence-corrected chi connectivity index (χ1v) is 4.32. The Labute approximate surface area is 82.3 Å². The third kappa shape index (κ3) is 13.5. The van der Waals surface area contributed by atoms with Crippen molar-refractivity contribution >= 4 is 18.9 Å². The van der Waals surface area contributed by atoms with Gasteiger partial charge in [0.05, 0.1) is 0 Å². The van der Waals surface area contributed by atoms with Crippen LogP contribution in [0.25, 0.3) is 0 Å². The predicted octanol–water partition coefficient (Wildman–Crippen LogP) is 0.864. The molecule has 0 rings (SSSR count). The molecule has 11 heavy (non-hydrogen) atoms. The number of nitrogens with two attached hydrogens (primary N) is 2. The summed E-state index contributed by atoms with van der Waals surface area (Å²) in [5, 5.41) is 0. The smallest absolute Gasteiger partial charge is 0 e. The zero-order chi connectivity index (χ0) is 7.66. The summed E-state index contributed by atoms with van der Waals surface area (Å²) >= 11 is 0. The van der Waals surface area contributed by atoms with Gasteiger partial charge in [-0.2, -0.15) is 0 Å². The fourth-order valence-corrected chi connectivity index (χ4v) is 0.996. The van der Waals surface area contributed by atoms with Crippen molar-refractivity contribution in [3.05, 3.63) is 0 Å². The standard InChI is InChI=1S/C8H20N2.Li/c9-7-5-3-1-2-4-6-8-10;/h1-10H2;. The average molecular weight is 151 g/mol. The summed E-state index contributed by atoms with van der Waals surface area (Å²) in [4.78, 5) is 0. The van der Waals surface area contributed by atoms with Gasteiger partial charge in [0.1, 0.15) is 0 Å². The van der Waals surface area contributed by atoms with Crippen LogP contribution < -0.4 is 11.5 Å².